The van der Waals surface area contributed by atoms with E-state index in [-0.39, 0.29) is 22.9 Å². The van der Waals surface area contributed by atoms with E-state index in [2.05, 4.69) is 13.8 Å². The largest absolute Gasteiger partial charge is 0.393 e. The number of aliphatic hydroxyl groups is 1. The number of hydrogen-bond donors (Lipinski definition) is 1. The highest BCUT2D eigenvalue weighted by atomic mass is 16.3. The summed E-state index contributed by atoms with van der Waals surface area (Å²) in [6.07, 6.45) is 7.27. The van der Waals surface area contributed by atoms with Crippen LogP contribution in [-0.2, 0) is 9.59 Å². The van der Waals surface area contributed by atoms with E-state index < -0.39 is 0 Å². The average Bonchev–Trinajstić information content (AvgIpc) is 2.84. The smallest absolute Gasteiger partial charge is 0.133 e. The standard InChI is InChI=1S/C21H32O3/c1-12(22)16-6-7-17-15-5-4-13-10-14(23)8-9-20(13,2)19(15)18(24)11-21(16,17)3/h13,15-19,24H,4-11H2,1-3H3/t13-,15+,16-,17+,18+,19-,20+,21-/m1/s1. The molecule has 0 aromatic rings. The van der Waals surface area contributed by atoms with Crippen LogP contribution in [0.4, 0.5) is 0 Å². The van der Waals surface area contributed by atoms with Crippen molar-refractivity contribution in [1.82, 2.24) is 0 Å². The van der Waals surface area contributed by atoms with Crippen LogP contribution in [0.15, 0.2) is 0 Å². The molecule has 0 radical (unpaired) electrons. The fourth-order valence-electron chi connectivity index (χ4n) is 7.84. The first-order valence-electron chi connectivity index (χ1n) is 9.97. The molecule has 24 heavy (non-hydrogen) atoms. The lowest BCUT2D eigenvalue weighted by Gasteiger charge is -2.61. The van der Waals surface area contributed by atoms with Crippen LogP contribution in [0.25, 0.3) is 0 Å². The molecule has 0 saturated heterocycles. The fourth-order valence-corrected chi connectivity index (χ4v) is 7.84. The van der Waals surface area contributed by atoms with Crippen LogP contribution in [0.1, 0.15) is 72.1 Å². The van der Waals surface area contributed by atoms with Gasteiger partial charge in [0.15, 0.2) is 0 Å². The lowest BCUT2D eigenvalue weighted by atomic mass is 9.44. The third-order valence-corrected chi connectivity index (χ3v) is 8.90. The molecule has 4 aliphatic rings. The number of rotatable bonds is 1. The van der Waals surface area contributed by atoms with Gasteiger partial charge in [-0.15, -0.1) is 0 Å². The summed E-state index contributed by atoms with van der Waals surface area (Å²) in [5.74, 6) is 2.78. The van der Waals surface area contributed by atoms with Crippen molar-refractivity contribution < 1.29 is 14.7 Å². The number of fused-ring (bicyclic) bond motifs is 5. The van der Waals surface area contributed by atoms with Crippen molar-refractivity contribution in [3.05, 3.63) is 0 Å². The van der Waals surface area contributed by atoms with Gasteiger partial charge in [0.1, 0.15) is 11.6 Å². The summed E-state index contributed by atoms with van der Waals surface area (Å²) >= 11 is 0. The first-order valence-corrected chi connectivity index (χ1v) is 9.97. The highest BCUT2D eigenvalue weighted by Gasteiger charge is 2.63. The van der Waals surface area contributed by atoms with E-state index in [0.717, 1.165) is 44.9 Å². The predicted molar refractivity (Wildman–Crippen MR) is 92.3 cm³/mol. The maximum atomic E-state index is 12.2. The van der Waals surface area contributed by atoms with Crippen LogP contribution in [0.3, 0.4) is 0 Å². The molecular formula is C21H32O3. The molecule has 0 unspecified atom stereocenters. The molecule has 0 heterocycles. The zero-order chi connectivity index (χ0) is 17.3. The van der Waals surface area contributed by atoms with Crippen LogP contribution in [0, 0.1) is 40.4 Å². The summed E-state index contributed by atoms with van der Waals surface area (Å²) in [7, 11) is 0. The number of aliphatic hydroxyl groups excluding tert-OH is 1. The summed E-state index contributed by atoms with van der Waals surface area (Å²) in [4.78, 5) is 24.1. The minimum Gasteiger partial charge on any atom is -0.393 e. The van der Waals surface area contributed by atoms with Gasteiger partial charge >= 0.3 is 0 Å². The Hall–Kier alpha value is -0.700. The highest BCUT2D eigenvalue weighted by Crippen LogP contribution is 2.67. The Morgan fingerprint density at radius 3 is 2.58 bits per heavy atom. The second-order valence-electron chi connectivity index (χ2n) is 9.84. The molecule has 4 saturated carbocycles. The number of Topliss-reactive ketones (excluding diaryl/α,β-unsaturated/α-hetero) is 2. The third kappa shape index (κ3) is 2.12. The molecule has 3 heteroatoms. The topological polar surface area (TPSA) is 54.4 Å². The van der Waals surface area contributed by atoms with Crippen LogP contribution in [0.2, 0.25) is 0 Å². The molecule has 1 N–H and O–H groups in total. The molecular weight excluding hydrogens is 300 g/mol. The van der Waals surface area contributed by atoms with Gasteiger partial charge in [0.05, 0.1) is 6.10 Å². The molecule has 0 aromatic heterocycles. The summed E-state index contributed by atoms with van der Waals surface area (Å²) < 4.78 is 0. The number of carbonyl (C=O) groups is 2. The quantitative estimate of drug-likeness (QED) is 0.795. The second-order valence-corrected chi connectivity index (χ2v) is 9.84. The summed E-state index contributed by atoms with van der Waals surface area (Å²) in [5, 5.41) is 11.2. The minimum atomic E-state index is -0.308. The molecule has 3 nitrogen and oxygen atoms in total. The van der Waals surface area contributed by atoms with Gasteiger partial charge in [0.2, 0.25) is 0 Å². The zero-order valence-corrected chi connectivity index (χ0v) is 15.4. The Labute approximate surface area is 145 Å². The normalized spacial score (nSPS) is 53.9. The molecule has 0 aromatic carbocycles. The van der Waals surface area contributed by atoms with Crippen LogP contribution >= 0.6 is 0 Å². The first-order chi connectivity index (χ1) is 11.3. The molecule has 0 amide bonds. The van der Waals surface area contributed by atoms with E-state index in [1.165, 1.54) is 0 Å². The van der Waals surface area contributed by atoms with E-state index in [1.807, 2.05) is 0 Å². The van der Waals surface area contributed by atoms with Gasteiger partial charge in [0, 0.05) is 18.8 Å². The molecule has 0 aliphatic heterocycles. The Morgan fingerprint density at radius 2 is 1.88 bits per heavy atom. The van der Waals surface area contributed by atoms with Gasteiger partial charge in [-0.3, -0.25) is 9.59 Å². The monoisotopic (exact) mass is 332 g/mol. The third-order valence-electron chi connectivity index (χ3n) is 8.90. The average molecular weight is 332 g/mol. The molecule has 4 fully saturated rings. The molecule has 0 bridgehead atoms. The number of hydrogen-bond acceptors (Lipinski definition) is 3. The summed E-state index contributed by atoms with van der Waals surface area (Å²) in [6, 6.07) is 0. The fraction of sp³-hybridized carbons (Fsp3) is 0.905. The van der Waals surface area contributed by atoms with Gasteiger partial charge in [-0.1, -0.05) is 13.8 Å². The van der Waals surface area contributed by atoms with Crippen molar-refractivity contribution in [3.8, 4) is 0 Å². The van der Waals surface area contributed by atoms with E-state index in [9.17, 15) is 14.7 Å². The summed E-state index contributed by atoms with van der Waals surface area (Å²) in [5.41, 5.74) is 0.103. The molecule has 4 rings (SSSR count). The minimum absolute atomic E-state index is 0.0138. The van der Waals surface area contributed by atoms with Crippen molar-refractivity contribution in [2.24, 2.45) is 40.4 Å². The maximum absolute atomic E-state index is 12.2. The second kappa shape index (κ2) is 5.40. The lowest BCUT2D eigenvalue weighted by molar-refractivity contribution is -0.173. The molecule has 8 atom stereocenters. The molecule has 134 valence electrons. The number of carbonyl (C=O) groups excluding carboxylic acids is 2. The van der Waals surface area contributed by atoms with E-state index in [0.29, 0.717) is 41.7 Å². The molecule has 4 aliphatic carbocycles. The van der Waals surface area contributed by atoms with E-state index in [4.69, 9.17) is 0 Å². The number of ketones is 2. The Kier molecular flexibility index (Phi) is 3.77. The van der Waals surface area contributed by atoms with Gasteiger partial charge < -0.3 is 5.11 Å². The first kappa shape index (κ1) is 16.8. The molecule has 0 spiro atoms. The Bertz CT molecular complexity index is 569. The van der Waals surface area contributed by atoms with E-state index >= 15 is 0 Å². The predicted octanol–water partition coefficient (Wildman–Crippen LogP) is 3.77. The zero-order valence-electron chi connectivity index (χ0n) is 15.4. The Balaban J connectivity index is 1.68. The van der Waals surface area contributed by atoms with Crippen molar-refractivity contribution in [2.75, 3.05) is 0 Å². The van der Waals surface area contributed by atoms with E-state index in [1.54, 1.807) is 6.92 Å². The van der Waals surface area contributed by atoms with Crippen LogP contribution in [-0.4, -0.2) is 22.8 Å². The lowest BCUT2D eigenvalue weighted by Crippen LogP contribution is -2.59. The Morgan fingerprint density at radius 1 is 1.12 bits per heavy atom. The van der Waals surface area contributed by atoms with Gasteiger partial charge in [-0.05, 0) is 80.0 Å². The van der Waals surface area contributed by atoms with Crippen molar-refractivity contribution >= 4 is 11.6 Å². The van der Waals surface area contributed by atoms with Crippen molar-refractivity contribution in [1.29, 1.82) is 0 Å². The van der Waals surface area contributed by atoms with Crippen LogP contribution in [0.5, 0.6) is 0 Å². The maximum Gasteiger partial charge on any atom is 0.133 e. The summed E-state index contributed by atoms with van der Waals surface area (Å²) in [6.45, 7) is 6.36. The van der Waals surface area contributed by atoms with Crippen molar-refractivity contribution in [3.63, 3.8) is 0 Å². The van der Waals surface area contributed by atoms with Gasteiger partial charge in [-0.25, -0.2) is 0 Å². The van der Waals surface area contributed by atoms with Gasteiger partial charge in [-0.2, -0.15) is 0 Å². The van der Waals surface area contributed by atoms with Crippen LogP contribution < -0.4 is 0 Å². The van der Waals surface area contributed by atoms with Gasteiger partial charge in [0.25, 0.3) is 0 Å². The van der Waals surface area contributed by atoms with Crippen molar-refractivity contribution in [2.45, 2.75) is 78.2 Å². The SMILES string of the molecule is CC(=O)[C@H]1CC[C@H]2[C@@H]3CC[C@@H]4CC(=O)CC[C@]4(C)[C@H]3[C@@H](O)C[C@]12C. The highest BCUT2D eigenvalue weighted by molar-refractivity contribution is 5.80.